The molecule has 1 amide bonds. The van der Waals surface area contributed by atoms with Crippen LogP contribution < -0.4 is 14.4 Å². The van der Waals surface area contributed by atoms with E-state index in [0.717, 1.165) is 0 Å². The fourth-order valence-corrected chi connectivity index (χ4v) is 2.27. The van der Waals surface area contributed by atoms with Crippen LogP contribution in [0.1, 0.15) is 6.92 Å². The smallest absolute Gasteiger partial charge is 0.233 e. The van der Waals surface area contributed by atoms with Gasteiger partial charge in [-0.2, -0.15) is 5.10 Å². The number of hydrogen-bond donors (Lipinski definition) is 0. The standard InChI is InChI=1S/C15H17N3O3/c1-10-9-20-14-5-4-11(6-13(14)18(3)15(10)19)21-12-7-16-17(2)8-12/h4-8,10H,9H2,1-3H3/t10-/m0/s1. The lowest BCUT2D eigenvalue weighted by Crippen LogP contribution is -2.31. The number of nitrogens with zero attached hydrogens (tertiary/aromatic N) is 3. The molecule has 6 nitrogen and oxygen atoms in total. The summed E-state index contributed by atoms with van der Waals surface area (Å²) in [6.45, 7) is 2.25. The highest BCUT2D eigenvalue weighted by Crippen LogP contribution is 2.36. The minimum absolute atomic E-state index is 0.0345. The Bertz CT molecular complexity index is 681. The molecule has 2 aromatic rings. The molecule has 1 aromatic heterocycles. The molecule has 0 unspecified atom stereocenters. The van der Waals surface area contributed by atoms with E-state index in [1.165, 1.54) is 0 Å². The van der Waals surface area contributed by atoms with Crippen molar-refractivity contribution in [3.8, 4) is 17.2 Å². The third kappa shape index (κ3) is 2.56. The molecule has 0 bridgehead atoms. The molecule has 0 aliphatic carbocycles. The van der Waals surface area contributed by atoms with Crippen LogP contribution in [-0.2, 0) is 11.8 Å². The van der Waals surface area contributed by atoms with Crippen LogP contribution in [0.3, 0.4) is 0 Å². The predicted molar refractivity (Wildman–Crippen MR) is 77.8 cm³/mol. The summed E-state index contributed by atoms with van der Waals surface area (Å²) in [6.07, 6.45) is 3.41. The van der Waals surface area contributed by atoms with Crippen molar-refractivity contribution in [3.63, 3.8) is 0 Å². The van der Waals surface area contributed by atoms with Crippen LogP contribution in [0.5, 0.6) is 17.2 Å². The summed E-state index contributed by atoms with van der Waals surface area (Å²) in [5.74, 6) is 1.85. The topological polar surface area (TPSA) is 56.6 Å². The number of anilines is 1. The maximum atomic E-state index is 12.2. The molecule has 2 heterocycles. The maximum absolute atomic E-state index is 12.2. The van der Waals surface area contributed by atoms with Gasteiger partial charge in [-0.1, -0.05) is 6.92 Å². The average molecular weight is 287 g/mol. The third-order valence-corrected chi connectivity index (χ3v) is 3.45. The number of carbonyl (C=O) groups is 1. The van der Waals surface area contributed by atoms with Gasteiger partial charge in [0.15, 0.2) is 5.75 Å². The molecule has 1 aliphatic rings. The number of fused-ring (bicyclic) bond motifs is 1. The quantitative estimate of drug-likeness (QED) is 0.849. The molecule has 1 aliphatic heterocycles. The van der Waals surface area contributed by atoms with Gasteiger partial charge in [0.1, 0.15) is 11.5 Å². The molecule has 1 aromatic carbocycles. The van der Waals surface area contributed by atoms with E-state index in [1.807, 2.05) is 26.1 Å². The highest BCUT2D eigenvalue weighted by Gasteiger charge is 2.26. The lowest BCUT2D eigenvalue weighted by molar-refractivity contribution is -0.122. The van der Waals surface area contributed by atoms with Crippen molar-refractivity contribution in [2.45, 2.75) is 6.92 Å². The number of carbonyl (C=O) groups excluding carboxylic acids is 1. The molecule has 110 valence electrons. The molecule has 0 spiro atoms. The molecular weight excluding hydrogens is 270 g/mol. The Morgan fingerprint density at radius 2 is 2.14 bits per heavy atom. The Hall–Kier alpha value is -2.50. The van der Waals surface area contributed by atoms with E-state index in [1.54, 1.807) is 35.1 Å². The number of aryl methyl sites for hydroxylation is 1. The van der Waals surface area contributed by atoms with Crippen molar-refractivity contribution < 1.29 is 14.3 Å². The monoisotopic (exact) mass is 287 g/mol. The van der Waals surface area contributed by atoms with Gasteiger partial charge in [0.2, 0.25) is 5.91 Å². The summed E-state index contributed by atoms with van der Waals surface area (Å²) in [5, 5.41) is 4.05. The molecule has 0 saturated carbocycles. The molecule has 6 heteroatoms. The van der Waals surface area contributed by atoms with Crippen LogP contribution in [0.15, 0.2) is 30.6 Å². The van der Waals surface area contributed by atoms with Crippen LogP contribution in [-0.4, -0.2) is 29.3 Å². The van der Waals surface area contributed by atoms with Crippen molar-refractivity contribution >= 4 is 11.6 Å². The number of rotatable bonds is 2. The second kappa shape index (κ2) is 5.12. The van der Waals surface area contributed by atoms with E-state index in [9.17, 15) is 4.79 Å². The van der Waals surface area contributed by atoms with Gasteiger partial charge in [-0.15, -0.1) is 0 Å². The van der Waals surface area contributed by atoms with E-state index in [4.69, 9.17) is 9.47 Å². The number of ether oxygens (including phenoxy) is 2. The lowest BCUT2D eigenvalue weighted by atomic mass is 10.1. The van der Waals surface area contributed by atoms with Crippen LogP contribution in [0.2, 0.25) is 0 Å². The molecule has 0 fully saturated rings. The summed E-state index contributed by atoms with van der Waals surface area (Å²) >= 11 is 0. The zero-order valence-electron chi connectivity index (χ0n) is 12.2. The van der Waals surface area contributed by atoms with Gasteiger partial charge in [-0.3, -0.25) is 9.48 Å². The van der Waals surface area contributed by atoms with E-state index in [-0.39, 0.29) is 11.8 Å². The summed E-state index contributed by atoms with van der Waals surface area (Å²) in [5.41, 5.74) is 0.714. The van der Waals surface area contributed by atoms with Gasteiger partial charge in [-0.05, 0) is 12.1 Å². The van der Waals surface area contributed by atoms with Crippen LogP contribution in [0, 0.1) is 5.92 Å². The Morgan fingerprint density at radius 1 is 1.33 bits per heavy atom. The molecule has 0 saturated heterocycles. The van der Waals surface area contributed by atoms with Crippen molar-refractivity contribution in [1.29, 1.82) is 0 Å². The Kier molecular flexibility index (Phi) is 3.29. The SMILES string of the molecule is C[C@H]1COc2ccc(Oc3cnn(C)c3)cc2N(C)C1=O. The third-order valence-electron chi connectivity index (χ3n) is 3.45. The fraction of sp³-hybridized carbons (Fsp3) is 0.333. The zero-order chi connectivity index (χ0) is 15.0. The largest absolute Gasteiger partial charge is 0.491 e. The van der Waals surface area contributed by atoms with Crippen molar-refractivity contribution in [2.75, 3.05) is 18.6 Å². The normalized spacial score (nSPS) is 18.0. The molecule has 1 atom stereocenters. The van der Waals surface area contributed by atoms with E-state index in [0.29, 0.717) is 29.5 Å². The number of hydrogen-bond acceptors (Lipinski definition) is 4. The van der Waals surface area contributed by atoms with Crippen LogP contribution in [0.4, 0.5) is 5.69 Å². The number of amides is 1. The Balaban J connectivity index is 1.91. The number of aromatic nitrogens is 2. The lowest BCUT2D eigenvalue weighted by Gasteiger charge is -2.18. The van der Waals surface area contributed by atoms with Gasteiger partial charge >= 0.3 is 0 Å². The van der Waals surface area contributed by atoms with Crippen LogP contribution >= 0.6 is 0 Å². The first-order chi connectivity index (χ1) is 10.0. The summed E-state index contributed by atoms with van der Waals surface area (Å²) in [7, 11) is 3.58. The summed E-state index contributed by atoms with van der Waals surface area (Å²) in [6, 6.07) is 5.45. The molecule has 0 N–H and O–H groups in total. The first-order valence-corrected chi connectivity index (χ1v) is 6.75. The van der Waals surface area contributed by atoms with Crippen molar-refractivity contribution in [1.82, 2.24) is 9.78 Å². The maximum Gasteiger partial charge on any atom is 0.233 e. The predicted octanol–water partition coefficient (Wildman–Crippen LogP) is 2.20. The Labute approximate surface area is 122 Å². The Morgan fingerprint density at radius 3 is 2.86 bits per heavy atom. The first kappa shape index (κ1) is 13.5. The zero-order valence-corrected chi connectivity index (χ0v) is 12.2. The highest BCUT2D eigenvalue weighted by atomic mass is 16.5. The number of benzene rings is 1. The minimum atomic E-state index is -0.162. The fourth-order valence-electron chi connectivity index (χ4n) is 2.27. The van der Waals surface area contributed by atoms with E-state index in [2.05, 4.69) is 5.10 Å². The molecule has 0 radical (unpaired) electrons. The van der Waals surface area contributed by atoms with Gasteiger partial charge in [0.05, 0.1) is 30.6 Å². The highest BCUT2D eigenvalue weighted by molar-refractivity contribution is 5.96. The van der Waals surface area contributed by atoms with Crippen molar-refractivity contribution in [2.24, 2.45) is 13.0 Å². The second-order valence-corrected chi connectivity index (χ2v) is 5.19. The van der Waals surface area contributed by atoms with E-state index < -0.39 is 0 Å². The van der Waals surface area contributed by atoms with E-state index >= 15 is 0 Å². The van der Waals surface area contributed by atoms with Gasteiger partial charge in [-0.25, -0.2) is 0 Å². The summed E-state index contributed by atoms with van der Waals surface area (Å²) < 4.78 is 13.1. The van der Waals surface area contributed by atoms with Gasteiger partial charge in [0.25, 0.3) is 0 Å². The molecule has 21 heavy (non-hydrogen) atoms. The first-order valence-electron chi connectivity index (χ1n) is 6.75. The molecular formula is C15H17N3O3. The minimum Gasteiger partial charge on any atom is -0.491 e. The second-order valence-electron chi connectivity index (χ2n) is 5.19. The van der Waals surface area contributed by atoms with Crippen molar-refractivity contribution in [3.05, 3.63) is 30.6 Å². The average Bonchev–Trinajstić information content (AvgIpc) is 2.84. The van der Waals surface area contributed by atoms with Gasteiger partial charge in [0, 0.05) is 20.2 Å². The molecule has 3 rings (SSSR count). The van der Waals surface area contributed by atoms with Crippen LogP contribution in [0.25, 0.3) is 0 Å². The summed E-state index contributed by atoms with van der Waals surface area (Å²) in [4.78, 5) is 13.8. The van der Waals surface area contributed by atoms with Gasteiger partial charge < -0.3 is 14.4 Å².